The van der Waals surface area contributed by atoms with Crippen LogP contribution in [0, 0.1) is 10.1 Å². The van der Waals surface area contributed by atoms with Gasteiger partial charge in [-0.25, -0.2) is 0 Å². The molecule has 0 aliphatic carbocycles. The van der Waals surface area contributed by atoms with Crippen molar-refractivity contribution in [3.63, 3.8) is 0 Å². The largest absolute Gasteiger partial charge is 0.459 e. The summed E-state index contributed by atoms with van der Waals surface area (Å²) in [6.07, 6.45) is 0. The zero-order valence-electron chi connectivity index (χ0n) is 11.7. The van der Waals surface area contributed by atoms with Gasteiger partial charge in [0.15, 0.2) is 0 Å². The predicted octanol–water partition coefficient (Wildman–Crippen LogP) is 2.75. The van der Waals surface area contributed by atoms with Gasteiger partial charge < -0.3 is 10.5 Å². The number of anilines is 1. The zero-order valence-corrected chi connectivity index (χ0v) is 12.5. The van der Waals surface area contributed by atoms with Crippen LogP contribution in [-0.2, 0) is 15.3 Å². The van der Waals surface area contributed by atoms with Crippen LogP contribution in [0.3, 0.4) is 0 Å². The van der Waals surface area contributed by atoms with Crippen molar-refractivity contribution in [3.8, 4) is 0 Å². The maximum atomic E-state index is 11.5. The number of nitro groups is 1. The lowest BCUT2D eigenvalue weighted by Crippen LogP contribution is -2.24. The summed E-state index contributed by atoms with van der Waals surface area (Å²) in [6.45, 7) is 5.40. The standard InChI is InChI=1S/C13H18N2O4S/c1-13(2,3)19-12(16)8-20-7-9-6-10(15(17)18)4-5-11(9)14/h4-6H,7-8,14H2,1-3H3. The first-order valence-corrected chi connectivity index (χ1v) is 7.17. The molecule has 6 nitrogen and oxygen atoms in total. The van der Waals surface area contributed by atoms with Crippen molar-refractivity contribution in [2.45, 2.75) is 32.1 Å². The molecule has 0 radical (unpaired) electrons. The molecule has 1 aromatic rings. The van der Waals surface area contributed by atoms with E-state index < -0.39 is 10.5 Å². The van der Waals surface area contributed by atoms with Crippen molar-refractivity contribution < 1.29 is 14.5 Å². The number of rotatable bonds is 5. The monoisotopic (exact) mass is 298 g/mol. The van der Waals surface area contributed by atoms with Gasteiger partial charge in [-0.05, 0) is 32.4 Å². The molecule has 0 heterocycles. The van der Waals surface area contributed by atoms with Crippen LogP contribution in [0.15, 0.2) is 18.2 Å². The van der Waals surface area contributed by atoms with Crippen LogP contribution in [0.2, 0.25) is 0 Å². The van der Waals surface area contributed by atoms with Crippen LogP contribution in [0.25, 0.3) is 0 Å². The van der Waals surface area contributed by atoms with Crippen molar-refractivity contribution in [2.75, 3.05) is 11.5 Å². The third-order valence-corrected chi connectivity index (χ3v) is 3.19. The number of nitrogen functional groups attached to an aromatic ring is 1. The van der Waals surface area contributed by atoms with E-state index in [1.54, 1.807) is 20.8 Å². The molecule has 0 amide bonds. The van der Waals surface area contributed by atoms with Crippen molar-refractivity contribution in [1.82, 2.24) is 0 Å². The highest BCUT2D eigenvalue weighted by atomic mass is 32.2. The van der Waals surface area contributed by atoms with Crippen LogP contribution >= 0.6 is 11.8 Å². The average Bonchev–Trinajstić information content (AvgIpc) is 2.28. The Morgan fingerprint density at radius 3 is 2.65 bits per heavy atom. The van der Waals surface area contributed by atoms with Crippen LogP contribution in [-0.4, -0.2) is 22.2 Å². The Hall–Kier alpha value is -1.76. The summed E-state index contributed by atoms with van der Waals surface area (Å²) in [5, 5.41) is 10.7. The van der Waals surface area contributed by atoms with Crippen molar-refractivity contribution in [3.05, 3.63) is 33.9 Å². The Labute approximate surface area is 121 Å². The third-order valence-electron chi connectivity index (χ3n) is 2.23. The maximum Gasteiger partial charge on any atom is 0.316 e. The fourth-order valence-electron chi connectivity index (χ4n) is 1.45. The number of nitrogens with two attached hydrogens (primary N) is 1. The van der Waals surface area contributed by atoms with Gasteiger partial charge in [-0.15, -0.1) is 11.8 Å². The minimum absolute atomic E-state index is 0.00734. The number of benzene rings is 1. The number of esters is 1. The minimum atomic E-state index is -0.512. The van der Waals surface area contributed by atoms with E-state index in [0.29, 0.717) is 17.0 Å². The van der Waals surface area contributed by atoms with E-state index in [1.165, 1.54) is 30.0 Å². The Kier molecular flexibility index (Phi) is 5.38. The molecule has 0 saturated heterocycles. The molecule has 1 aromatic carbocycles. The molecule has 7 heteroatoms. The second-order valence-electron chi connectivity index (χ2n) is 5.22. The van der Waals surface area contributed by atoms with E-state index in [1.807, 2.05) is 0 Å². The summed E-state index contributed by atoms with van der Waals surface area (Å²) in [5.74, 6) is 0.290. The molecule has 0 unspecified atom stereocenters. The SMILES string of the molecule is CC(C)(C)OC(=O)CSCc1cc([N+](=O)[O-])ccc1N. The lowest BCUT2D eigenvalue weighted by Gasteiger charge is -2.19. The molecule has 0 saturated carbocycles. The van der Waals surface area contributed by atoms with Crippen molar-refractivity contribution in [2.24, 2.45) is 0 Å². The first kappa shape index (κ1) is 16.3. The summed E-state index contributed by atoms with van der Waals surface area (Å²) in [7, 11) is 0. The van der Waals surface area contributed by atoms with Crippen LogP contribution in [0.1, 0.15) is 26.3 Å². The van der Waals surface area contributed by atoms with Gasteiger partial charge in [0.05, 0.1) is 10.7 Å². The van der Waals surface area contributed by atoms with E-state index in [-0.39, 0.29) is 17.4 Å². The van der Waals surface area contributed by atoms with Gasteiger partial charge in [-0.2, -0.15) is 0 Å². The van der Waals surface area contributed by atoms with Gasteiger partial charge in [-0.3, -0.25) is 14.9 Å². The molecule has 20 heavy (non-hydrogen) atoms. The van der Waals surface area contributed by atoms with E-state index >= 15 is 0 Å². The molecule has 0 fully saturated rings. The smallest absolute Gasteiger partial charge is 0.316 e. The molecule has 1 rings (SSSR count). The lowest BCUT2D eigenvalue weighted by molar-refractivity contribution is -0.384. The molecule has 2 N–H and O–H groups in total. The van der Waals surface area contributed by atoms with Crippen LogP contribution in [0.4, 0.5) is 11.4 Å². The number of hydrogen-bond donors (Lipinski definition) is 1. The van der Waals surface area contributed by atoms with Gasteiger partial charge in [0.1, 0.15) is 5.60 Å². The predicted molar refractivity (Wildman–Crippen MR) is 79.5 cm³/mol. The van der Waals surface area contributed by atoms with E-state index in [4.69, 9.17) is 10.5 Å². The molecular weight excluding hydrogens is 280 g/mol. The Morgan fingerprint density at radius 2 is 2.10 bits per heavy atom. The number of non-ortho nitro benzene ring substituents is 1. The van der Waals surface area contributed by atoms with Gasteiger partial charge in [-0.1, -0.05) is 0 Å². The van der Waals surface area contributed by atoms with Crippen molar-refractivity contribution >= 4 is 29.1 Å². The normalized spacial score (nSPS) is 11.2. The second-order valence-corrected chi connectivity index (χ2v) is 6.21. The summed E-state index contributed by atoms with van der Waals surface area (Å²) in [6, 6.07) is 4.29. The van der Waals surface area contributed by atoms with Gasteiger partial charge >= 0.3 is 5.97 Å². The van der Waals surface area contributed by atoms with Gasteiger partial charge in [0.25, 0.3) is 5.69 Å². The Balaban J connectivity index is 2.56. The lowest BCUT2D eigenvalue weighted by atomic mass is 10.2. The molecule has 0 aliphatic heterocycles. The molecule has 0 aliphatic rings. The van der Waals surface area contributed by atoms with Gasteiger partial charge in [0, 0.05) is 23.6 Å². The van der Waals surface area contributed by atoms with Gasteiger partial charge in [0.2, 0.25) is 0 Å². The highest BCUT2D eigenvalue weighted by Gasteiger charge is 2.16. The summed E-state index contributed by atoms with van der Waals surface area (Å²) in [5.41, 5.74) is 6.36. The highest BCUT2D eigenvalue weighted by Crippen LogP contribution is 2.24. The number of carbonyl (C=O) groups excluding carboxylic acids is 1. The minimum Gasteiger partial charge on any atom is -0.459 e. The Bertz CT molecular complexity index is 512. The maximum absolute atomic E-state index is 11.5. The number of nitrogens with zero attached hydrogens (tertiary/aromatic N) is 1. The second kappa shape index (κ2) is 6.60. The van der Waals surface area contributed by atoms with Crippen molar-refractivity contribution in [1.29, 1.82) is 0 Å². The number of carbonyl (C=O) groups is 1. The van der Waals surface area contributed by atoms with E-state index in [9.17, 15) is 14.9 Å². The van der Waals surface area contributed by atoms with Crippen LogP contribution < -0.4 is 5.73 Å². The third kappa shape index (κ3) is 5.48. The highest BCUT2D eigenvalue weighted by molar-refractivity contribution is 7.99. The number of nitro benzene ring substituents is 1. The Morgan fingerprint density at radius 1 is 1.45 bits per heavy atom. The first-order chi connectivity index (χ1) is 9.19. The molecule has 110 valence electrons. The molecule has 0 atom stereocenters. The fraction of sp³-hybridized carbons (Fsp3) is 0.462. The topological polar surface area (TPSA) is 95.5 Å². The zero-order chi connectivity index (χ0) is 15.3. The number of hydrogen-bond acceptors (Lipinski definition) is 6. The number of thioether (sulfide) groups is 1. The quantitative estimate of drug-likeness (QED) is 0.388. The summed E-state index contributed by atoms with van der Waals surface area (Å²) in [4.78, 5) is 21.7. The van der Waals surface area contributed by atoms with Crippen LogP contribution in [0.5, 0.6) is 0 Å². The first-order valence-electron chi connectivity index (χ1n) is 6.01. The summed E-state index contributed by atoms with van der Waals surface area (Å²) >= 11 is 1.31. The molecule has 0 spiro atoms. The van der Waals surface area contributed by atoms with E-state index in [0.717, 1.165) is 0 Å². The summed E-state index contributed by atoms with van der Waals surface area (Å²) < 4.78 is 5.17. The fourth-order valence-corrected chi connectivity index (χ4v) is 2.24. The molecule has 0 bridgehead atoms. The molecular formula is C13H18N2O4S. The number of ether oxygens (including phenoxy) is 1. The van der Waals surface area contributed by atoms with E-state index in [2.05, 4.69) is 0 Å². The molecule has 0 aromatic heterocycles. The average molecular weight is 298 g/mol.